The molecule has 0 fully saturated rings. The molecule has 0 spiro atoms. The second-order valence-electron chi connectivity index (χ2n) is 6.60. The van der Waals surface area contributed by atoms with Gasteiger partial charge in [-0.2, -0.15) is 0 Å². The second kappa shape index (κ2) is 8.62. The number of carbonyl (C=O) groups excluding carboxylic acids is 1. The van der Waals surface area contributed by atoms with Crippen LogP contribution in [-0.4, -0.2) is 20.6 Å². The van der Waals surface area contributed by atoms with Crippen molar-refractivity contribution in [3.63, 3.8) is 0 Å². The summed E-state index contributed by atoms with van der Waals surface area (Å²) in [5.41, 5.74) is 7.47. The van der Waals surface area contributed by atoms with Crippen molar-refractivity contribution in [1.82, 2.24) is 20.4 Å². The number of nitrogens with one attached hydrogen (secondary N) is 3. The summed E-state index contributed by atoms with van der Waals surface area (Å²) < 4.78 is 1.25. The number of thiocarbonyl (C=S) groups is 1. The Morgan fingerprint density at radius 2 is 1.82 bits per heavy atom. The second-order valence-corrected chi connectivity index (χ2v) is 7.01. The van der Waals surface area contributed by atoms with Crippen molar-refractivity contribution in [1.29, 1.82) is 0 Å². The Bertz CT molecular complexity index is 1060. The standard InChI is InChI=1S/C20H21N5O2S/c1-13(2)14-7-9-15(10-8-14)22-20(28)24-23-18(26)11-25-12-21-17-6-4-3-5-16(17)19(25)27/h3-10,12-13H,11H2,1-2H3,(H,23,26)(H2,22,24,28). The molecule has 0 atom stereocenters. The van der Waals surface area contributed by atoms with E-state index in [4.69, 9.17) is 12.2 Å². The molecule has 3 N–H and O–H groups in total. The number of fused-ring (bicyclic) bond motifs is 1. The largest absolute Gasteiger partial charge is 0.331 e. The molecule has 3 rings (SSSR count). The maximum absolute atomic E-state index is 12.4. The van der Waals surface area contributed by atoms with Gasteiger partial charge in [-0.05, 0) is 48.0 Å². The van der Waals surface area contributed by atoms with E-state index in [1.54, 1.807) is 24.3 Å². The highest BCUT2D eigenvalue weighted by molar-refractivity contribution is 7.80. The molecule has 2 aromatic carbocycles. The van der Waals surface area contributed by atoms with E-state index in [2.05, 4.69) is 35.0 Å². The third-order valence-electron chi connectivity index (χ3n) is 4.20. The lowest BCUT2D eigenvalue weighted by atomic mass is 10.0. The number of hydrazine groups is 1. The van der Waals surface area contributed by atoms with E-state index in [0.717, 1.165) is 5.69 Å². The highest BCUT2D eigenvalue weighted by Crippen LogP contribution is 2.16. The fraction of sp³-hybridized carbons (Fsp3) is 0.200. The van der Waals surface area contributed by atoms with Crippen LogP contribution in [0.2, 0.25) is 0 Å². The summed E-state index contributed by atoms with van der Waals surface area (Å²) in [4.78, 5) is 28.7. The van der Waals surface area contributed by atoms with Crippen LogP contribution in [0.4, 0.5) is 5.69 Å². The van der Waals surface area contributed by atoms with Gasteiger partial charge in [0, 0.05) is 5.69 Å². The first-order chi connectivity index (χ1) is 13.4. The van der Waals surface area contributed by atoms with Gasteiger partial charge in [0.25, 0.3) is 11.5 Å². The lowest BCUT2D eigenvalue weighted by Crippen LogP contribution is -2.45. The molecule has 7 nitrogen and oxygen atoms in total. The van der Waals surface area contributed by atoms with Gasteiger partial charge in [-0.3, -0.25) is 25.0 Å². The number of hydrogen-bond donors (Lipinski definition) is 3. The molecule has 0 radical (unpaired) electrons. The fourth-order valence-corrected chi connectivity index (χ4v) is 2.82. The molecule has 3 aromatic rings. The zero-order chi connectivity index (χ0) is 20.1. The average molecular weight is 395 g/mol. The van der Waals surface area contributed by atoms with E-state index in [0.29, 0.717) is 16.8 Å². The van der Waals surface area contributed by atoms with E-state index in [9.17, 15) is 9.59 Å². The maximum atomic E-state index is 12.4. The highest BCUT2D eigenvalue weighted by atomic mass is 32.1. The molecule has 28 heavy (non-hydrogen) atoms. The predicted octanol–water partition coefficient (Wildman–Crippen LogP) is 2.54. The summed E-state index contributed by atoms with van der Waals surface area (Å²) in [6.07, 6.45) is 1.36. The number of carbonyl (C=O) groups is 1. The van der Waals surface area contributed by atoms with Crippen molar-refractivity contribution in [2.75, 3.05) is 5.32 Å². The predicted molar refractivity (Wildman–Crippen MR) is 114 cm³/mol. The fourth-order valence-electron chi connectivity index (χ4n) is 2.65. The van der Waals surface area contributed by atoms with Gasteiger partial charge in [0.15, 0.2) is 5.11 Å². The van der Waals surface area contributed by atoms with Gasteiger partial charge in [-0.25, -0.2) is 4.98 Å². The van der Waals surface area contributed by atoms with E-state index >= 15 is 0 Å². The number of para-hydroxylation sites is 1. The number of rotatable bonds is 4. The third-order valence-corrected chi connectivity index (χ3v) is 4.40. The van der Waals surface area contributed by atoms with Gasteiger partial charge >= 0.3 is 0 Å². The lowest BCUT2D eigenvalue weighted by Gasteiger charge is -2.13. The van der Waals surface area contributed by atoms with E-state index in [1.165, 1.54) is 16.5 Å². The molecule has 0 bridgehead atoms. The summed E-state index contributed by atoms with van der Waals surface area (Å²) in [6.45, 7) is 4.08. The molecule has 0 aliphatic heterocycles. The van der Waals surface area contributed by atoms with Crippen molar-refractivity contribution in [3.05, 3.63) is 70.8 Å². The van der Waals surface area contributed by atoms with Crippen molar-refractivity contribution >= 4 is 39.8 Å². The average Bonchev–Trinajstić information content (AvgIpc) is 2.69. The molecular formula is C20H21N5O2S. The Morgan fingerprint density at radius 3 is 2.54 bits per heavy atom. The summed E-state index contributed by atoms with van der Waals surface area (Å²) in [5.74, 6) is 0.0323. The first-order valence-electron chi connectivity index (χ1n) is 8.84. The van der Waals surface area contributed by atoms with Crippen molar-refractivity contribution in [2.24, 2.45) is 0 Å². The molecule has 1 heterocycles. The normalized spacial score (nSPS) is 10.7. The van der Waals surface area contributed by atoms with E-state index in [-0.39, 0.29) is 17.2 Å². The Hall–Kier alpha value is -3.26. The van der Waals surface area contributed by atoms with Crippen LogP contribution >= 0.6 is 12.2 Å². The number of benzene rings is 2. The molecule has 0 aliphatic carbocycles. The summed E-state index contributed by atoms with van der Waals surface area (Å²) in [6, 6.07) is 14.9. The molecule has 144 valence electrons. The molecule has 1 aromatic heterocycles. The van der Waals surface area contributed by atoms with Gasteiger partial charge in [0.05, 0.1) is 17.2 Å². The first kappa shape index (κ1) is 19.5. The van der Waals surface area contributed by atoms with E-state index in [1.807, 2.05) is 24.3 Å². The number of amides is 1. The SMILES string of the molecule is CC(C)c1ccc(NC(=S)NNC(=O)Cn2cnc3ccccc3c2=O)cc1. The Kier molecular flexibility index (Phi) is 6.00. The van der Waals surface area contributed by atoms with Crippen molar-refractivity contribution in [2.45, 2.75) is 26.3 Å². The zero-order valence-corrected chi connectivity index (χ0v) is 16.4. The molecule has 1 amide bonds. The van der Waals surface area contributed by atoms with Crippen LogP contribution < -0.4 is 21.7 Å². The van der Waals surface area contributed by atoms with Crippen LogP contribution in [0.5, 0.6) is 0 Å². The van der Waals surface area contributed by atoms with Crippen LogP contribution in [0.25, 0.3) is 10.9 Å². The topological polar surface area (TPSA) is 88.0 Å². The molecular weight excluding hydrogens is 374 g/mol. The number of aromatic nitrogens is 2. The zero-order valence-electron chi connectivity index (χ0n) is 15.6. The van der Waals surface area contributed by atoms with Gasteiger partial charge < -0.3 is 5.32 Å². The quantitative estimate of drug-likeness (QED) is 0.465. The minimum absolute atomic E-state index is 0.171. The summed E-state index contributed by atoms with van der Waals surface area (Å²) >= 11 is 5.17. The number of hydrogen-bond acceptors (Lipinski definition) is 4. The number of anilines is 1. The van der Waals surface area contributed by atoms with Crippen LogP contribution in [0.1, 0.15) is 25.3 Å². The highest BCUT2D eigenvalue weighted by Gasteiger charge is 2.08. The molecule has 8 heteroatoms. The molecule has 0 saturated carbocycles. The Labute approximate surface area is 167 Å². The minimum atomic E-state index is -0.418. The first-order valence-corrected chi connectivity index (χ1v) is 9.25. The maximum Gasteiger partial charge on any atom is 0.261 e. The number of nitrogens with zero attached hydrogens (tertiary/aromatic N) is 2. The Morgan fingerprint density at radius 1 is 1.11 bits per heavy atom. The van der Waals surface area contributed by atoms with Gasteiger partial charge in [-0.15, -0.1) is 0 Å². The van der Waals surface area contributed by atoms with Gasteiger partial charge in [0.1, 0.15) is 6.54 Å². The van der Waals surface area contributed by atoms with Gasteiger partial charge in [-0.1, -0.05) is 38.1 Å². The molecule has 0 saturated heterocycles. The summed E-state index contributed by atoms with van der Waals surface area (Å²) in [7, 11) is 0. The van der Waals surface area contributed by atoms with Crippen LogP contribution in [-0.2, 0) is 11.3 Å². The van der Waals surface area contributed by atoms with Crippen LogP contribution in [0.3, 0.4) is 0 Å². The molecule has 0 aliphatic rings. The van der Waals surface area contributed by atoms with Crippen molar-refractivity contribution < 1.29 is 4.79 Å². The lowest BCUT2D eigenvalue weighted by molar-refractivity contribution is -0.122. The van der Waals surface area contributed by atoms with Crippen LogP contribution in [0, 0.1) is 0 Å². The van der Waals surface area contributed by atoms with Crippen LogP contribution in [0.15, 0.2) is 59.7 Å². The monoisotopic (exact) mass is 395 g/mol. The molecule has 0 unspecified atom stereocenters. The smallest absolute Gasteiger partial charge is 0.261 e. The van der Waals surface area contributed by atoms with Gasteiger partial charge in [0.2, 0.25) is 0 Å². The minimum Gasteiger partial charge on any atom is -0.331 e. The Balaban J connectivity index is 1.55. The summed E-state index contributed by atoms with van der Waals surface area (Å²) in [5, 5.41) is 3.70. The van der Waals surface area contributed by atoms with Crippen molar-refractivity contribution in [3.8, 4) is 0 Å². The third kappa shape index (κ3) is 4.72. The van der Waals surface area contributed by atoms with E-state index < -0.39 is 5.91 Å².